The van der Waals surface area contributed by atoms with Gasteiger partial charge in [0.2, 0.25) is 0 Å². The Bertz CT molecular complexity index is 479. The highest BCUT2D eigenvalue weighted by atomic mass is 35.5. The van der Waals surface area contributed by atoms with Crippen molar-refractivity contribution in [3.63, 3.8) is 0 Å². The molecule has 168 valence electrons. The largest absolute Gasteiger partial charge is 1.00 e. The Labute approximate surface area is 189 Å². The molecule has 0 bridgehead atoms. The molecule has 0 N–H and O–H groups in total. The summed E-state index contributed by atoms with van der Waals surface area (Å²) in [7, 11) is 0. The van der Waals surface area contributed by atoms with E-state index in [9.17, 15) is 0 Å². The lowest BCUT2D eigenvalue weighted by Gasteiger charge is -2.37. The summed E-state index contributed by atoms with van der Waals surface area (Å²) in [5.41, 5.74) is 1.47. The van der Waals surface area contributed by atoms with Crippen molar-refractivity contribution in [2.75, 3.05) is 19.6 Å². The minimum absolute atomic E-state index is 0. The summed E-state index contributed by atoms with van der Waals surface area (Å²) >= 11 is 0. The van der Waals surface area contributed by atoms with Crippen LogP contribution in [0.2, 0.25) is 0 Å². The molecule has 0 amide bonds. The van der Waals surface area contributed by atoms with Crippen molar-refractivity contribution >= 4 is 0 Å². The fraction of sp³-hybridized carbons (Fsp3) is 0.704. The first-order chi connectivity index (χ1) is 13.8. The number of halogens is 1. The van der Waals surface area contributed by atoms with Crippen molar-refractivity contribution in [1.29, 1.82) is 0 Å². The molecule has 0 aliphatic carbocycles. The molecule has 0 spiro atoms. The van der Waals surface area contributed by atoms with Crippen LogP contribution in [0.25, 0.3) is 0 Å². The van der Waals surface area contributed by atoms with E-state index in [2.05, 4.69) is 63.3 Å². The van der Waals surface area contributed by atoms with Crippen molar-refractivity contribution in [3.05, 3.63) is 48.0 Å². The summed E-state index contributed by atoms with van der Waals surface area (Å²) < 4.78 is 1.20. The van der Waals surface area contributed by atoms with Crippen LogP contribution in [0, 0.1) is 0 Å². The lowest BCUT2D eigenvalue weighted by molar-refractivity contribution is -0.937. The molecule has 1 rings (SSSR count). The SMILES string of the molecule is CCCCCCCCCCCCC=CCC[N+](CC)(CC)Cc1ccccc1.[Cl-]. The second kappa shape index (κ2) is 19.2. The molecule has 1 aromatic rings. The Hall–Kier alpha value is -0.790. The number of unbranched alkanes of at least 4 members (excludes halogenated alkanes) is 10. The fourth-order valence-corrected chi connectivity index (χ4v) is 4.15. The molecule has 0 atom stereocenters. The molecule has 29 heavy (non-hydrogen) atoms. The van der Waals surface area contributed by atoms with E-state index in [1.54, 1.807) is 0 Å². The lowest BCUT2D eigenvalue weighted by atomic mass is 10.1. The van der Waals surface area contributed by atoms with Crippen LogP contribution in [0.3, 0.4) is 0 Å². The van der Waals surface area contributed by atoms with E-state index in [-0.39, 0.29) is 12.4 Å². The van der Waals surface area contributed by atoms with Crippen LogP contribution in [0.4, 0.5) is 0 Å². The topological polar surface area (TPSA) is 0 Å². The molecule has 0 saturated carbocycles. The van der Waals surface area contributed by atoms with Crippen LogP contribution in [-0.2, 0) is 6.54 Å². The van der Waals surface area contributed by atoms with Gasteiger partial charge < -0.3 is 16.9 Å². The molecule has 2 heteroatoms. The molecule has 0 heterocycles. The van der Waals surface area contributed by atoms with Crippen LogP contribution in [0.15, 0.2) is 42.5 Å². The van der Waals surface area contributed by atoms with Crippen molar-refractivity contribution in [2.45, 2.75) is 104 Å². The van der Waals surface area contributed by atoms with E-state index in [1.165, 1.54) is 113 Å². The third-order valence-corrected chi connectivity index (χ3v) is 6.36. The van der Waals surface area contributed by atoms with E-state index in [0.29, 0.717) is 0 Å². The van der Waals surface area contributed by atoms with Gasteiger partial charge in [-0.3, -0.25) is 0 Å². The third-order valence-electron chi connectivity index (χ3n) is 6.36. The van der Waals surface area contributed by atoms with Crippen LogP contribution in [0.1, 0.15) is 103 Å². The zero-order valence-electron chi connectivity index (χ0n) is 19.7. The standard InChI is InChI=1S/C27H48N.ClH/c1-4-7-8-9-10-11-12-13-14-15-16-17-18-22-25-28(5-2,6-3)26-27-23-20-19-21-24-27;/h17-21,23-24H,4-16,22,25-26H2,1-3H3;1H/q+1;/p-1. The van der Waals surface area contributed by atoms with Gasteiger partial charge in [0.05, 0.1) is 19.6 Å². The highest BCUT2D eigenvalue weighted by Crippen LogP contribution is 2.16. The second-order valence-electron chi connectivity index (χ2n) is 8.57. The van der Waals surface area contributed by atoms with Gasteiger partial charge in [0.25, 0.3) is 0 Å². The Morgan fingerprint density at radius 2 is 1.17 bits per heavy atom. The molecule has 0 saturated heterocycles. The Morgan fingerprint density at radius 3 is 1.72 bits per heavy atom. The highest BCUT2D eigenvalue weighted by molar-refractivity contribution is 5.13. The van der Waals surface area contributed by atoms with Gasteiger partial charge in [-0.1, -0.05) is 107 Å². The molecule has 0 aliphatic rings. The Morgan fingerprint density at radius 1 is 0.655 bits per heavy atom. The molecule has 1 nitrogen and oxygen atoms in total. The van der Waals surface area contributed by atoms with E-state index in [0.717, 1.165) is 0 Å². The molecule has 0 fully saturated rings. The van der Waals surface area contributed by atoms with Gasteiger partial charge in [-0.25, -0.2) is 0 Å². The predicted molar refractivity (Wildman–Crippen MR) is 127 cm³/mol. The molecule has 0 unspecified atom stereocenters. The fourth-order valence-electron chi connectivity index (χ4n) is 4.15. The summed E-state index contributed by atoms with van der Waals surface area (Å²) in [5, 5.41) is 0. The molecule has 0 aliphatic heterocycles. The summed E-state index contributed by atoms with van der Waals surface area (Å²) in [5.74, 6) is 0. The molecule has 0 radical (unpaired) electrons. The second-order valence-corrected chi connectivity index (χ2v) is 8.57. The van der Waals surface area contributed by atoms with E-state index >= 15 is 0 Å². The Kier molecular flexibility index (Phi) is 18.7. The number of benzene rings is 1. The summed E-state index contributed by atoms with van der Waals surface area (Å²) in [6.07, 6.45) is 21.6. The minimum atomic E-state index is 0. The number of hydrogen-bond donors (Lipinski definition) is 0. The maximum Gasteiger partial charge on any atom is 0.104 e. The molecule has 0 aromatic heterocycles. The van der Waals surface area contributed by atoms with Gasteiger partial charge in [-0.15, -0.1) is 0 Å². The minimum Gasteiger partial charge on any atom is -1.00 e. The van der Waals surface area contributed by atoms with Gasteiger partial charge in [0.1, 0.15) is 6.54 Å². The van der Waals surface area contributed by atoms with Crippen molar-refractivity contribution < 1.29 is 16.9 Å². The normalized spacial score (nSPS) is 11.7. The van der Waals surface area contributed by atoms with Crippen molar-refractivity contribution in [3.8, 4) is 0 Å². The van der Waals surface area contributed by atoms with Crippen molar-refractivity contribution in [2.24, 2.45) is 0 Å². The summed E-state index contributed by atoms with van der Waals surface area (Å²) in [6, 6.07) is 11.0. The van der Waals surface area contributed by atoms with Crippen LogP contribution in [0.5, 0.6) is 0 Å². The first-order valence-electron chi connectivity index (χ1n) is 12.3. The van der Waals surface area contributed by atoms with Crippen molar-refractivity contribution in [1.82, 2.24) is 0 Å². The Balaban J connectivity index is 0.00000784. The average molecular weight is 422 g/mol. The number of nitrogens with zero attached hydrogens (tertiary/aromatic N) is 1. The molecule has 1 aromatic carbocycles. The monoisotopic (exact) mass is 421 g/mol. The maximum absolute atomic E-state index is 2.44. The van der Waals surface area contributed by atoms with Crippen LogP contribution >= 0.6 is 0 Å². The zero-order chi connectivity index (χ0) is 20.3. The quantitative estimate of drug-likeness (QED) is 0.171. The summed E-state index contributed by atoms with van der Waals surface area (Å²) in [6.45, 7) is 11.9. The van der Waals surface area contributed by atoms with Gasteiger partial charge in [-0.2, -0.15) is 0 Å². The van der Waals surface area contributed by atoms with Gasteiger partial charge in [0.15, 0.2) is 0 Å². The molecular formula is C27H48ClN. The van der Waals surface area contributed by atoms with Gasteiger partial charge in [-0.05, 0) is 26.7 Å². The van der Waals surface area contributed by atoms with E-state index in [4.69, 9.17) is 0 Å². The number of hydrogen-bond acceptors (Lipinski definition) is 0. The predicted octanol–water partition coefficient (Wildman–Crippen LogP) is 5.30. The van der Waals surface area contributed by atoms with Gasteiger partial charge in [0, 0.05) is 12.0 Å². The smallest absolute Gasteiger partial charge is 0.104 e. The van der Waals surface area contributed by atoms with Gasteiger partial charge >= 0.3 is 0 Å². The zero-order valence-corrected chi connectivity index (χ0v) is 20.4. The molecular weight excluding hydrogens is 374 g/mol. The number of quaternary nitrogens is 1. The lowest BCUT2D eigenvalue weighted by Crippen LogP contribution is -3.00. The number of allylic oxidation sites excluding steroid dienone is 1. The first kappa shape index (κ1) is 28.2. The van der Waals surface area contributed by atoms with E-state index < -0.39 is 0 Å². The average Bonchev–Trinajstić information content (AvgIpc) is 2.74. The number of rotatable bonds is 18. The van der Waals surface area contributed by atoms with Crippen LogP contribution < -0.4 is 12.4 Å². The highest BCUT2D eigenvalue weighted by Gasteiger charge is 2.22. The third kappa shape index (κ3) is 13.9. The van der Waals surface area contributed by atoms with E-state index in [1.807, 2.05) is 0 Å². The maximum atomic E-state index is 2.44. The van der Waals surface area contributed by atoms with Crippen LogP contribution in [-0.4, -0.2) is 24.1 Å². The first-order valence-corrected chi connectivity index (χ1v) is 12.3. The summed E-state index contributed by atoms with van der Waals surface area (Å²) in [4.78, 5) is 0.